The Balaban J connectivity index is 1.83. The highest BCUT2D eigenvalue weighted by molar-refractivity contribution is 8.14. The van der Waals surface area contributed by atoms with Crippen molar-refractivity contribution in [1.29, 1.82) is 0 Å². The van der Waals surface area contributed by atoms with Crippen molar-refractivity contribution in [2.75, 3.05) is 6.79 Å². The number of hydrogen-bond donors (Lipinski definition) is 3. The molecule has 21 heavy (non-hydrogen) atoms. The minimum absolute atomic E-state index is 0.0745. The average molecular weight is 306 g/mol. The van der Waals surface area contributed by atoms with Crippen molar-refractivity contribution in [3.05, 3.63) is 35.9 Å². The van der Waals surface area contributed by atoms with E-state index < -0.39 is 17.2 Å². The topological polar surface area (TPSA) is 96.2 Å². The van der Waals surface area contributed by atoms with Gasteiger partial charge in [0.25, 0.3) is 0 Å². The molecule has 6 nitrogen and oxygen atoms in total. The molecule has 7 heteroatoms. The molecule has 3 rings (SSSR count). The van der Waals surface area contributed by atoms with Gasteiger partial charge in [-0.1, -0.05) is 0 Å². The highest BCUT2D eigenvalue weighted by atomic mass is 32.2. The predicted molar refractivity (Wildman–Crippen MR) is 74.2 cm³/mol. The zero-order chi connectivity index (χ0) is 15.0. The van der Waals surface area contributed by atoms with Crippen LogP contribution in [0.25, 0.3) is 0 Å². The van der Waals surface area contributed by atoms with Crippen molar-refractivity contribution in [3.63, 3.8) is 0 Å². The molecule has 2 aromatic rings. The fraction of sp³-hybridized carbons (Fsp3) is 0.0714. The van der Waals surface area contributed by atoms with E-state index in [1.807, 2.05) is 0 Å². The zero-order valence-electron chi connectivity index (χ0n) is 10.6. The molecule has 0 saturated heterocycles. The van der Waals surface area contributed by atoms with E-state index in [-0.39, 0.29) is 17.5 Å². The third-order valence-electron chi connectivity index (χ3n) is 2.86. The summed E-state index contributed by atoms with van der Waals surface area (Å²) < 4.78 is 10.4. The molecule has 1 aliphatic heterocycles. The molecule has 108 valence electrons. The lowest BCUT2D eigenvalue weighted by molar-refractivity contribution is 0.108. The first kappa shape index (κ1) is 13.4. The van der Waals surface area contributed by atoms with E-state index >= 15 is 0 Å². The summed E-state index contributed by atoms with van der Waals surface area (Å²) in [6, 6.07) is 7.26. The zero-order valence-corrected chi connectivity index (χ0v) is 11.4. The van der Waals surface area contributed by atoms with E-state index in [2.05, 4.69) is 0 Å². The second-order valence-electron chi connectivity index (χ2n) is 4.27. The number of thioether (sulfide) groups is 1. The molecular weight excluding hydrogens is 296 g/mol. The second-order valence-corrected chi connectivity index (χ2v) is 5.31. The van der Waals surface area contributed by atoms with Crippen molar-refractivity contribution in [1.82, 2.24) is 0 Å². The van der Waals surface area contributed by atoms with E-state index in [4.69, 9.17) is 9.47 Å². The van der Waals surface area contributed by atoms with Crippen molar-refractivity contribution in [2.24, 2.45) is 0 Å². The van der Waals surface area contributed by atoms with E-state index in [9.17, 15) is 20.1 Å². The Labute approximate surface area is 123 Å². The molecule has 0 spiro atoms. The molecule has 0 saturated carbocycles. The highest BCUT2D eigenvalue weighted by Gasteiger charge is 2.17. The van der Waals surface area contributed by atoms with Crippen LogP contribution in [-0.2, 0) is 0 Å². The Kier molecular flexibility index (Phi) is 3.26. The molecule has 0 atom stereocenters. The lowest BCUT2D eigenvalue weighted by Gasteiger charge is -2.05. The maximum Gasteiger partial charge on any atom is 0.231 e. The van der Waals surface area contributed by atoms with Crippen LogP contribution in [0.5, 0.6) is 28.7 Å². The van der Waals surface area contributed by atoms with E-state index in [0.29, 0.717) is 16.4 Å². The normalized spacial score (nSPS) is 12.4. The van der Waals surface area contributed by atoms with Gasteiger partial charge in [0, 0.05) is 10.5 Å². The molecule has 0 aliphatic carbocycles. The number of rotatable bonds is 2. The molecule has 0 aromatic heterocycles. The number of phenolic OH excluding ortho intramolecular Hbond substituents is 3. The summed E-state index contributed by atoms with van der Waals surface area (Å²) in [6.07, 6.45) is 0. The highest BCUT2D eigenvalue weighted by Crippen LogP contribution is 2.39. The van der Waals surface area contributed by atoms with Crippen molar-refractivity contribution < 1.29 is 29.6 Å². The van der Waals surface area contributed by atoms with Gasteiger partial charge < -0.3 is 24.8 Å². The molecule has 0 bridgehead atoms. The first-order valence-corrected chi connectivity index (χ1v) is 6.73. The molecule has 2 aromatic carbocycles. The number of hydrogen-bond acceptors (Lipinski definition) is 7. The van der Waals surface area contributed by atoms with Crippen molar-refractivity contribution in [3.8, 4) is 28.7 Å². The monoisotopic (exact) mass is 306 g/mol. The maximum absolute atomic E-state index is 12.1. The summed E-state index contributed by atoms with van der Waals surface area (Å²) in [5.74, 6) is -0.579. The van der Waals surface area contributed by atoms with Crippen LogP contribution < -0.4 is 9.47 Å². The largest absolute Gasteiger partial charge is 0.504 e. The van der Waals surface area contributed by atoms with Gasteiger partial charge in [-0.15, -0.1) is 0 Å². The summed E-state index contributed by atoms with van der Waals surface area (Å²) in [7, 11) is 0. The van der Waals surface area contributed by atoms with E-state index in [0.717, 1.165) is 23.9 Å². The Morgan fingerprint density at radius 3 is 2.38 bits per heavy atom. The minimum Gasteiger partial charge on any atom is -0.504 e. The number of carbonyl (C=O) groups is 1. The number of ether oxygens (including phenoxy) is 2. The average Bonchev–Trinajstić information content (AvgIpc) is 2.91. The Morgan fingerprint density at radius 2 is 1.67 bits per heavy atom. The van der Waals surface area contributed by atoms with Crippen LogP contribution >= 0.6 is 11.8 Å². The van der Waals surface area contributed by atoms with Gasteiger partial charge in [-0.3, -0.25) is 4.79 Å². The van der Waals surface area contributed by atoms with Crippen molar-refractivity contribution >= 4 is 16.9 Å². The maximum atomic E-state index is 12.1. The van der Waals surface area contributed by atoms with Crippen LogP contribution in [0.1, 0.15) is 10.4 Å². The van der Waals surface area contributed by atoms with Crippen LogP contribution in [0.4, 0.5) is 0 Å². The van der Waals surface area contributed by atoms with Gasteiger partial charge >= 0.3 is 0 Å². The van der Waals surface area contributed by atoms with Gasteiger partial charge in [0.05, 0.1) is 0 Å². The van der Waals surface area contributed by atoms with Gasteiger partial charge in [0.2, 0.25) is 11.9 Å². The van der Waals surface area contributed by atoms with Gasteiger partial charge in [0.1, 0.15) is 0 Å². The van der Waals surface area contributed by atoms with Gasteiger partial charge in [0.15, 0.2) is 28.7 Å². The Morgan fingerprint density at radius 1 is 1.00 bits per heavy atom. The van der Waals surface area contributed by atoms with Crippen LogP contribution in [0.3, 0.4) is 0 Å². The molecule has 0 unspecified atom stereocenters. The lowest BCUT2D eigenvalue weighted by atomic mass is 10.2. The van der Waals surface area contributed by atoms with E-state index in [1.165, 1.54) is 0 Å². The number of benzene rings is 2. The van der Waals surface area contributed by atoms with Crippen LogP contribution in [0.15, 0.2) is 35.2 Å². The van der Waals surface area contributed by atoms with Crippen LogP contribution in [0, 0.1) is 0 Å². The van der Waals surface area contributed by atoms with Crippen LogP contribution in [-0.4, -0.2) is 27.2 Å². The molecule has 3 N–H and O–H groups in total. The summed E-state index contributed by atoms with van der Waals surface area (Å²) in [6.45, 7) is 0.150. The second kappa shape index (κ2) is 5.10. The quantitative estimate of drug-likeness (QED) is 0.579. The first-order chi connectivity index (χ1) is 10.0. The van der Waals surface area contributed by atoms with Crippen LogP contribution in [0.2, 0.25) is 0 Å². The molecule has 1 heterocycles. The molecular formula is C14H10O6S. The van der Waals surface area contributed by atoms with Gasteiger partial charge in [-0.25, -0.2) is 0 Å². The molecule has 0 fully saturated rings. The smallest absolute Gasteiger partial charge is 0.231 e. The Bertz CT molecular complexity index is 704. The number of aromatic hydroxyl groups is 3. The summed E-state index contributed by atoms with van der Waals surface area (Å²) >= 11 is 0.908. The van der Waals surface area contributed by atoms with Crippen molar-refractivity contribution in [2.45, 2.75) is 4.90 Å². The third-order valence-corrected chi connectivity index (χ3v) is 3.77. The molecule has 0 radical (unpaired) electrons. The summed E-state index contributed by atoms with van der Waals surface area (Å²) in [5.41, 5.74) is 0.0745. The van der Waals surface area contributed by atoms with E-state index in [1.54, 1.807) is 18.2 Å². The third kappa shape index (κ3) is 2.55. The molecule has 0 amide bonds. The fourth-order valence-corrected chi connectivity index (χ4v) is 2.58. The number of phenols is 3. The van der Waals surface area contributed by atoms with Gasteiger partial charge in [-0.05, 0) is 42.1 Å². The predicted octanol–water partition coefficient (Wildman–Crippen LogP) is 2.46. The standard InChI is InChI=1S/C14H10O6S/c15-9-3-7(4-10(16)13(9)17)14(18)21-8-1-2-11-12(5-8)20-6-19-11/h1-5,15-17H,6H2. The lowest BCUT2D eigenvalue weighted by Crippen LogP contribution is -1.93. The summed E-state index contributed by atoms with van der Waals surface area (Å²) in [5, 5.41) is 27.7. The number of carbonyl (C=O) groups excluding carboxylic acids is 1. The fourth-order valence-electron chi connectivity index (χ4n) is 1.83. The minimum atomic E-state index is -0.653. The van der Waals surface area contributed by atoms with Gasteiger partial charge in [-0.2, -0.15) is 0 Å². The Hall–Kier alpha value is -2.54. The number of fused-ring (bicyclic) bond motifs is 1. The SMILES string of the molecule is O=C(Sc1ccc2c(c1)OCO2)c1cc(O)c(O)c(O)c1. The first-order valence-electron chi connectivity index (χ1n) is 5.91. The summed E-state index contributed by atoms with van der Waals surface area (Å²) in [4.78, 5) is 12.8. The molecule has 1 aliphatic rings.